The van der Waals surface area contributed by atoms with E-state index in [9.17, 15) is 44.6 Å². The van der Waals surface area contributed by atoms with E-state index in [1.54, 1.807) is 6.92 Å². The summed E-state index contributed by atoms with van der Waals surface area (Å²) in [5.41, 5.74) is -1.71. The number of fused-ring (bicyclic) bond motifs is 7. The Balaban J connectivity index is 0.00000325. The van der Waals surface area contributed by atoms with Crippen molar-refractivity contribution >= 4 is 31.1 Å². The zero-order chi connectivity index (χ0) is 35.2. The average molecular weight is 778 g/mol. The number of hydrogen-bond acceptors (Lipinski definition) is 14. The molecule has 0 amide bonds. The molecule has 0 spiro atoms. The topological polar surface area (TPSA) is 238 Å². The molecule has 49 heavy (non-hydrogen) atoms. The molecule has 0 aromatic carbocycles. The van der Waals surface area contributed by atoms with Crippen molar-refractivity contribution in [3.8, 4) is 0 Å². The number of rotatable bonds is 9. The Hall–Kier alpha value is 1.49. The summed E-state index contributed by atoms with van der Waals surface area (Å²) in [6.07, 6.45) is -7.18. The first-order valence-electron chi connectivity index (χ1n) is 16.4. The molecule has 16 atom stereocenters. The van der Waals surface area contributed by atoms with Gasteiger partial charge in [-0.2, -0.15) is 13.1 Å². The molecular weight excluding hydrogens is 728 g/mol. The van der Waals surface area contributed by atoms with Gasteiger partial charge in [0.05, 0.1) is 24.4 Å². The normalized spacial score (nSPS) is 45.9. The van der Waals surface area contributed by atoms with Gasteiger partial charge in [-0.1, -0.05) is 41.5 Å². The zero-order valence-corrected chi connectivity index (χ0v) is 36.2. The van der Waals surface area contributed by atoms with E-state index in [-0.39, 0.29) is 102 Å². The molecule has 0 radical (unpaired) electrons. The van der Waals surface area contributed by atoms with Crippen LogP contribution < -0.4 is 63.8 Å². The molecule has 4 aliphatic carbocycles. The van der Waals surface area contributed by atoms with E-state index in [0.717, 1.165) is 0 Å². The Kier molecular flexibility index (Phi) is 14.2. The Labute approximate surface area is 335 Å². The van der Waals surface area contributed by atoms with E-state index >= 15 is 0 Å². The summed E-state index contributed by atoms with van der Waals surface area (Å²) in [5.74, 6) is -3.36. The van der Waals surface area contributed by atoms with Crippen molar-refractivity contribution in [1.29, 1.82) is 0 Å². The van der Waals surface area contributed by atoms with Gasteiger partial charge in [0.1, 0.15) is 18.3 Å². The summed E-state index contributed by atoms with van der Waals surface area (Å²) >= 11 is 0. The number of nitrogens with one attached hydrogen (secondary N) is 1. The van der Waals surface area contributed by atoms with Gasteiger partial charge in [0, 0.05) is 18.9 Å². The van der Waals surface area contributed by atoms with Crippen LogP contribution in [0.25, 0.3) is 0 Å². The van der Waals surface area contributed by atoms with Gasteiger partial charge in [-0.25, -0.2) is 16.8 Å². The molecule has 4 saturated carbocycles. The van der Waals surface area contributed by atoms with Gasteiger partial charge in [-0.15, -0.1) is 0 Å². The third kappa shape index (κ3) is 8.37. The van der Waals surface area contributed by atoms with Crippen molar-refractivity contribution in [2.45, 2.75) is 116 Å². The van der Waals surface area contributed by atoms with E-state index in [2.05, 4.69) is 36.6 Å². The summed E-state index contributed by atoms with van der Waals surface area (Å²) in [4.78, 5) is 0. The fraction of sp³-hybridized carbons (Fsp3) is 1.00. The third-order valence-corrected chi connectivity index (χ3v) is 14.9. The van der Waals surface area contributed by atoms with E-state index in [0.29, 0.717) is 19.3 Å². The predicted octanol–water partition coefficient (Wildman–Crippen LogP) is -4.95. The van der Waals surface area contributed by atoms with Crippen LogP contribution in [0.2, 0.25) is 0 Å². The molecule has 5 aliphatic rings. The van der Waals surface area contributed by atoms with Gasteiger partial charge >= 0.3 is 69.4 Å². The van der Waals surface area contributed by atoms with Gasteiger partial charge in [-0.3, -0.25) is 12.5 Å². The first-order valence-corrected chi connectivity index (χ1v) is 20.4. The summed E-state index contributed by atoms with van der Waals surface area (Å²) in [5, 5.41) is 23.3. The first kappa shape index (κ1) is 44.9. The first-order chi connectivity index (χ1) is 21.5. The van der Waals surface area contributed by atoms with Gasteiger partial charge in [-0.05, 0) is 78.4 Å². The standard InChI is InChI=1S/C29H51NO14S3.2Na/c1-13(2)15(4)18-12-14(3)20-26(41-18)27(43-45(33,34)30-7)21-19-16(8-10-29(20,21)6)28(5)11-9-17(42-46(35,36)37)23(31)22(28)24(32)25(19)44-47(38,39)40;;/h13-27,30-32H,8-12H2,1-7H3,(H,35,36,37)(H,38,39,40);;/q;2*+1/p-2/t14-,15-,16+,17-,18-,19-,20+,21-,22-,23+,24+,25-,26+,27+,28-,29-;;/m1../s1. The second-order valence-corrected chi connectivity index (χ2v) is 19.0. The van der Waals surface area contributed by atoms with Crippen molar-refractivity contribution in [3.63, 3.8) is 0 Å². The third-order valence-electron chi connectivity index (χ3n) is 13.0. The largest absolute Gasteiger partial charge is 1.00 e. The molecule has 0 unspecified atom stereocenters. The van der Waals surface area contributed by atoms with Crippen LogP contribution in [0.3, 0.4) is 0 Å². The van der Waals surface area contributed by atoms with Crippen LogP contribution in [0.4, 0.5) is 0 Å². The molecule has 3 N–H and O–H groups in total. The maximum atomic E-state index is 13.1. The van der Waals surface area contributed by atoms with Crippen LogP contribution in [-0.2, 0) is 48.4 Å². The smallest absolute Gasteiger partial charge is 0.726 e. The molecule has 1 saturated heterocycles. The molecule has 5 rings (SSSR count). The molecule has 0 aromatic rings. The number of aliphatic hydroxyl groups is 2. The summed E-state index contributed by atoms with van der Waals surface area (Å²) in [6.45, 7) is 12.1. The van der Waals surface area contributed by atoms with E-state index < -0.39 is 102 Å². The van der Waals surface area contributed by atoms with Crippen molar-refractivity contribution in [3.05, 3.63) is 0 Å². The van der Waals surface area contributed by atoms with Crippen molar-refractivity contribution in [2.24, 2.45) is 58.2 Å². The summed E-state index contributed by atoms with van der Waals surface area (Å²) < 4.78 is 122. The molecule has 1 heterocycles. The molecular formula is C29H49NNa2O14S3. The van der Waals surface area contributed by atoms with Crippen LogP contribution in [-0.4, -0.2) is 94.3 Å². The molecule has 15 nitrogen and oxygen atoms in total. The van der Waals surface area contributed by atoms with Crippen molar-refractivity contribution in [2.75, 3.05) is 7.05 Å². The van der Waals surface area contributed by atoms with E-state index in [1.165, 1.54) is 7.05 Å². The van der Waals surface area contributed by atoms with Crippen LogP contribution in [0.1, 0.15) is 73.6 Å². The molecule has 0 bridgehead atoms. The van der Waals surface area contributed by atoms with Crippen molar-refractivity contribution < 1.29 is 121 Å². The molecule has 1 aliphatic heterocycles. The number of hydrogen-bond donors (Lipinski definition) is 3. The van der Waals surface area contributed by atoms with E-state index in [1.807, 2.05) is 6.92 Å². The zero-order valence-electron chi connectivity index (χ0n) is 29.7. The van der Waals surface area contributed by atoms with Crippen LogP contribution >= 0.6 is 0 Å². The number of aliphatic hydroxyl groups excluding tert-OH is 2. The maximum absolute atomic E-state index is 13.1. The molecule has 274 valence electrons. The average Bonchev–Trinajstić information content (AvgIpc) is 3.18. The minimum atomic E-state index is -5.47. The Morgan fingerprint density at radius 3 is 1.92 bits per heavy atom. The predicted molar refractivity (Wildman–Crippen MR) is 163 cm³/mol. The minimum absolute atomic E-state index is 0. The quantitative estimate of drug-likeness (QED) is 0.113. The Morgan fingerprint density at radius 1 is 0.816 bits per heavy atom. The molecule has 0 aromatic heterocycles. The van der Waals surface area contributed by atoms with Crippen molar-refractivity contribution in [1.82, 2.24) is 4.72 Å². The summed E-state index contributed by atoms with van der Waals surface area (Å²) in [7, 11) is -13.8. The summed E-state index contributed by atoms with van der Waals surface area (Å²) in [6, 6.07) is 0. The monoisotopic (exact) mass is 777 g/mol. The van der Waals surface area contributed by atoms with Gasteiger partial charge in [0.15, 0.2) is 0 Å². The fourth-order valence-electron chi connectivity index (χ4n) is 10.9. The molecule has 5 fully saturated rings. The second-order valence-electron chi connectivity index (χ2n) is 15.5. The fourth-order valence-corrected chi connectivity index (χ4v) is 12.5. The minimum Gasteiger partial charge on any atom is -0.726 e. The van der Waals surface area contributed by atoms with Crippen LogP contribution in [0.5, 0.6) is 0 Å². The van der Waals surface area contributed by atoms with Crippen LogP contribution in [0, 0.1) is 58.2 Å². The number of ether oxygens (including phenoxy) is 1. The van der Waals surface area contributed by atoms with Gasteiger partial charge < -0.3 is 24.1 Å². The maximum Gasteiger partial charge on any atom is 1.00 e. The Morgan fingerprint density at radius 2 is 1.39 bits per heavy atom. The molecule has 20 heteroatoms. The Bertz CT molecular complexity index is 1520. The second kappa shape index (κ2) is 15.6. The van der Waals surface area contributed by atoms with Crippen LogP contribution in [0.15, 0.2) is 0 Å². The van der Waals surface area contributed by atoms with Gasteiger partial charge in [0.25, 0.3) is 0 Å². The van der Waals surface area contributed by atoms with E-state index in [4.69, 9.17) is 13.1 Å². The van der Waals surface area contributed by atoms with Gasteiger partial charge in [0.2, 0.25) is 20.8 Å². The SMILES string of the molecule is CNS(=O)(=O)O[C@@H]1[C@H]2O[C@@H]([C@H](C)C(C)C)C[C@@H](C)[C@@H]2[C@@]2(C)CC[C@H]3[C@@H]([C@@H](OS(=O)(=O)[O-])[C@@H](O)[C@H]4[C@@H](O)[C@H](OS(=O)(=O)[O-])CC[C@@]43C)[C@H]12.[Na+].[Na+].